The van der Waals surface area contributed by atoms with Gasteiger partial charge in [0.25, 0.3) is 0 Å². The van der Waals surface area contributed by atoms with Crippen molar-refractivity contribution in [1.82, 2.24) is 9.97 Å². The zero-order valence-corrected chi connectivity index (χ0v) is 7.69. The topological polar surface area (TPSA) is 63.1 Å². The summed E-state index contributed by atoms with van der Waals surface area (Å²) >= 11 is 5.84. The number of carboxylic acid groups (broad SMARTS) is 1. The largest absolute Gasteiger partial charge is 0.478 e. The van der Waals surface area contributed by atoms with Gasteiger partial charge >= 0.3 is 5.97 Å². The maximum Gasteiger partial charge on any atom is 0.335 e. The Labute approximate surface area is 84.2 Å². The van der Waals surface area contributed by atoms with Gasteiger partial charge in [-0.05, 0) is 12.1 Å². The van der Waals surface area contributed by atoms with Gasteiger partial charge in [0.05, 0.1) is 16.1 Å². The van der Waals surface area contributed by atoms with Gasteiger partial charge in [-0.25, -0.2) is 4.79 Å². The first kappa shape index (κ1) is 8.90. The lowest BCUT2D eigenvalue weighted by Crippen LogP contribution is -1.97. The molecule has 1 aromatic heterocycles. The van der Waals surface area contributed by atoms with Crippen LogP contribution in [0.25, 0.3) is 11.0 Å². The summed E-state index contributed by atoms with van der Waals surface area (Å²) in [5.41, 5.74) is 1.11. The fourth-order valence-corrected chi connectivity index (χ4v) is 1.42. The van der Waals surface area contributed by atoms with Gasteiger partial charge in [-0.15, -0.1) is 0 Å². The number of aromatic carboxylic acids is 1. The monoisotopic (exact) mass is 208 g/mol. The Morgan fingerprint density at radius 1 is 1.29 bits per heavy atom. The van der Waals surface area contributed by atoms with E-state index in [0.717, 1.165) is 0 Å². The molecule has 70 valence electrons. The summed E-state index contributed by atoms with van der Waals surface area (Å²) in [5, 5.41) is 9.06. The highest BCUT2D eigenvalue weighted by Crippen LogP contribution is 2.21. The number of benzene rings is 1. The van der Waals surface area contributed by atoms with Crippen molar-refractivity contribution in [2.45, 2.75) is 0 Å². The van der Waals surface area contributed by atoms with Crippen molar-refractivity contribution in [3.8, 4) is 0 Å². The Morgan fingerprint density at radius 2 is 2.00 bits per heavy atom. The summed E-state index contributed by atoms with van der Waals surface area (Å²) in [7, 11) is 0. The average Bonchev–Trinajstić information content (AvgIpc) is 2.17. The molecule has 1 aromatic carbocycles. The summed E-state index contributed by atoms with van der Waals surface area (Å²) in [6.07, 6.45) is 3.00. The van der Waals surface area contributed by atoms with Crippen molar-refractivity contribution >= 4 is 28.6 Å². The number of halogens is 1. The number of hydrogen-bond donors (Lipinski definition) is 1. The number of carbonyl (C=O) groups is 1. The van der Waals surface area contributed by atoms with Crippen molar-refractivity contribution in [3.05, 3.63) is 35.1 Å². The van der Waals surface area contributed by atoms with Gasteiger partial charge in [-0.3, -0.25) is 9.97 Å². The fraction of sp³-hybridized carbons (Fsp3) is 0. The van der Waals surface area contributed by atoms with Crippen LogP contribution in [0.3, 0.4) is 0 Å². The maximum atomic E-state index is 10.7. The molecule has 0 aliphatic rings. The van der Waals surface area contributed by atoms with Crippen LogP contribution < -0.4 is 0 Å². The SMILES string of the molecule is O=C(O)c1cc(Cl)c2nccnc2c1. The third-order valence-electron chi connectivity index (χ3n) is 1.77. The summed E-state index contributed by atoms with van der Waals surface area (Å²) < 4.78 is 0. The van der Waals surface area contributed by atoms with Crippen LogP contribution in [0, 0.1) is 0 Å². The van der Waals surface area contributed by atoms with Crippen LogP contribution in [0.4, 0.5) is 0 Å². The van der Waals surface area contributed by atoms with E-state index in [-0.39, 0.29) is 5.56 Å². The third-order valence-corrected chi connectivity index (χ3v) is 2.06. The minimum Gasteiger partial charge on any atom is -0.478 e. The van der Waals surface area contributed by atoms with E-state index in [0.29, 0.717) is 16.1 Å². The van der Waals surface area contributed by atoms with Gasteiger partial charge in [0.1, 0.15) is 5.52 Å². The second-order valence-corrected chi connectivity index (χ2v) is 3.09. The zero-order chi connectivity index (χ0) is 10.1. The summed E-state index contributed by atoms with van der Waals surface area (Å²) in [4.78, 5) is 18.7. The van der Waals surface area contributed by atoms with Crippen LogP contribution in [-0.4, -0.2) is 21.0 Å². The highest BCUT2D eigenvalue weighted by molar-refractivity contribution is 6.35. The smallest absolute Gasteiger partial charge is 0.335 e. The van der Waals surface area contributed by atoms with E-state index >= 15 is 0 Å². The molecular weight excluding hydrogens is 204 g/mol. The van der Waals surface area contributed by atoms with Gasteiger partial charge in [-0.1, -0.05) is 11.6 Å². The van der Waals surface area contributed by atoms with Crippen LogP contribution in [-0.2, 0) is 0 Å². The molecule has 0 radical (unpaired) electrons. The highest BCUT2D eigenvalue weighted by Gasteiger charge is 2.08. The Balaban J connectivity index is 2.78. The van der Waals surface area contributed by atoms with Gasteiger partial charge in [0, 0.05) is 12.4 Å². The van der Waals surface area contributed by atoms with Crippen molar-refractivity contribution in [3.63, 3.8) is 0 Å². The van der Waals surface area contributed by atoms with Crippen LogP contribution in [0.1, 0.15) is 10.4 Å². The van der Waals surface area contributed by atoms with Gasteiger partial charge in [0.15, 0.2) is 0 Å². The lowest BCUT2D eigenvalue weighted by Gasteiger charge is -2.00. The Morgan fingerprint density at radius 3 is 2.71 bits per heavy atom. The number of carboxylic acids is 1. The highest BCUT2D eigenvalue weighted by atomic mass is 35.5. The quantitative estimate of drug-likeness (QED) is 0.779. The van der Waals surface area contributed by atoms with E-state index in [9.17, 15) is 4.79 Å². The van der Waals surface area contributed by atoms with Crippen molar-refractivity contribution in [1.29, 1.82) is 0 Å². The number of aromatic nitrogens is 2. The lowest BCUT2D eigenvalue weighted by atomic mass is 10.2. The van der Waals surface area contributed by atoms with Gasteiger partial charge in [0.2, 0.25) is 0 Å². The number of fused-ring (bicyclic) bond motifs is 1. The first-order valence-electron chi connectivity index (χ1n) is 3.82. The molecule has 0 spiro atoms. The summed E-state index contributed by atoms with van der Waals surface area (Å²) in [5.74, 6) is -1.03. The number of hydrogen-bond acceptors (Lipinski definition) is 3. The third kappa shape index (κ3) is 1.40. The zero-order valence-electron chi connectivity index (χ0n) is 6.94. The van der Waals surface area contributed by atoms with Crippen molar-refractivity contribution in [2.24, 2.45) is 0 Å². The normalized spacial score (nSPS) is 10.4. The van der Waals surface area contributed by atoms with E-state index in [1.807, 2.05) is 0 Å². The van der Waals surface area contributed by atoms with Crippen molar-refractivity contribution < 1.29 is 9.90 Å². The molecule has 0 atom stereocenters. The second kappa shape index (κ2) is 3.23. The minimum atomic E-state index is -1.03. The van der Waals surface area contributed by atoms with Crippen molar-refractivity contribution in [2.75, 3.05) is 0 Å². The van der Waals surface area contributed by atoms with E-state index < -0.39 is 5.97 Å². The van der Waals surface area contributed by atoms with Crippen LogP contribution in [0.15, 0.2) is 24.5 Å². The first-order chi connectivity index (χ1) is 6.68. The average molecular weight is 209 g/mol. The molecule has 5 heteroatoms. The molecule has 0 bridgehead atoms. The van der Waals surface area contributed by atoms with E-state index in [1.165, 1.54) is 24.5 Å². The molecule has 0 unspecified atom stereocenters. The molecule has 1 heterocycles. The Hall–Kier alpha value is -1.68. The Bertz CT molecular complexity index is 513. The molecule has 0 aliphatic carbocycles. The van der Waals surface area contributed by atoms with Crippen LogP contribution in [0.2, 0.25) is 5.02 Å². The lowest BCUT2D eigenvalue weighted by molar-refractivity contribution is 0.0697. The summed E-state index contributed by atoms with van der Waals surface area (Å²) in [6.45, 7) is 0. The van der Waals surface area contributed by atoms with Gasteiger partial charge < -0.3 is 5.11 Å². The molecule has 0 aliphatic heterocycles. The maximum absolute atomic E-state index is 10.7. The molecule has 2 aromatic rings. The molecule has 4 nitrogen and oxygen atoms in total. The minimum absolute atomic E-state index is 0.114. The van der Waals surface area contributed by atoms with Gasteiger partial charge in [-0.2, -0.15) is 0 Å². The number of rotatable bonds is 1. The molecule has 0 fully saturated rings. The molecule has 0 saturated heterocycles. The molecule has 2 rings (SSSR count). The standard InChI is InChI=1S/C9H5ClN2O2/c10-6-3-5(9(13)14)4-7-8(6)12-2-1-11-7/h1-4H,(H,13,14). The van der Waals surface area contributed by atoms with E-state index in [4.69, 9.17) is 16.7 Å². The molecule has 0 saturated carbocycles. The second-order valence-electron chi connectivity index (χ2n) is 2.69. The van der Waals surface area contributed by atoms with E-state index in [2.05, 4.69) is 9.97 Å². The predicted molar refractivity (Wildman–Crippen MR) is 51.5 cm³/mol. The molecular formula is C9H5ClN2O2. The van der Waals surface area contributed by atoms with Crippen LogP contribution >= 0.6 is 11.6 Å². The predicted octanol–water partition coefficient (Wildman–Crippen LogP) is 1.98. The first-order valence-corrected chi connectivity index (χ1v) is 4.20. The molecule has 1 N–H and O–H groups in total. The summed E-state index contributed by atoms with van der Waals surface area (Å²) in [6, 6.07) is 2.80. The molecule has 0 amide bonds. The Kier molecular flexibility index (Phi) is 2.05. The fourth-order valence-electron chi connectivity index (χ4n) is 1.16. The molecule has 14 heavy (non-hydrogen) atoms. The van der Waals surface area contributed by atoms with Crippen LogP contribution in [0.5, 0.6) is 0 Å². The number of nitrogens with zero attached hydrogens (tertiary/aromatic N) is 2. The van der Waals surface area contributed by atoms with E-state index in [1.54, 1.807) is 0 Å².